The minimum absolute atomic E-state index is 0.105. The van der Waals surface area contributed by atoms with Crippen LogP contribution in [-0.2, 0) is 17.9 Å². The molecule has 3 rings (SSSR count). The summed E-state index contributed by atoms with van der Waals surface area (Å²) in [7, 11) is 0. The highest BCUT2D eigenvalue weighted by Crippen LogP contribution is 2.25. The van der Waals surface area contributed by atoms with Crippen molar-refractivity contribution in [1.82, 2.24) is 19.6 Å². The Morgan fingerprint density at radius 1 is 1.10 bits per heavy atom. The Labute approximate surface area is 165 Å². The summed E-state index contributed by atoms with van der Waals surface area (Å²) >= 11 is 5.95. The number of hydrogen-bond acceptors (Lipinski definition) is 3. The fourth-order valence-corrected chi connectivity index (χ4v) is 2.75. The molecule has 0 saturated heterocycles. The number of amides is 1. The number of benzene rings is 1. The number of rotatable bonds is 7. The fraction of sp³-hybridized carbons (Fsp3) is 0.235. The summed E-state index contributed by atoms with van der Waals surface area (Å²) in [4.78, 5) is 12.1. The lowest BCUT2D eigenvalue weighted by atomic mass is 10.2. The van der Waals surface area contributed by atoms with Crippen molar-refractivity contribution in [3.05, 3.63) is 64.3 Å². The van der Waals surface area contributed by atoms with Crippen molar-refractivity contribution in [1.29, 1.82) is 0 Å². The van der Waals surface area contributed by atoms with Gasteiger partial charge in [0.25, 0.3) is 12.9 Å². The van der Waals surface area contributed by atoms with E-state index in [9.17, 15) is 26.7 Å². The first-order valence-electron chi connectivity index (χ1n) is 8.14. The normalized spacial score (nSPS) is 11.4. The van der Waals surface area contributed by atoms with Gasteiger partial charge in [-0.05, 0) is 23.8 Å². The summed E-state index contributed by atoms with van der Waals surface area (Å²) in [6.07, 6.45) is -4.59. The average Bonchev–Trinajstić information content (AvgIpc) is 3.24. The predicted molar refractivity (Wildman–Crippen MR) is 93.5 cm³/mol. The first kappa shape index (κ1) is 20.8. The number of carbonyl (C=O) groups is 1. The van der Waals surface area contributed by atoms with Crippen LogP contribution in [-0.4, -0.2) is 25.5 Å². The van der Waals surface area contributed by atoms with Crippen LogP contribution in [0.2, 0.25) is 5.02 Å². The Morgan fingerprint density at radius 3 is 2.52 bits per heavy atom. The number of nitrogens with zero attached hydrogens (tertiary/aromatic N) is 4. The number of halogens is 6. The van der Waals surface area contributed by atoms with Crippen LogP contribution in [0, 0.1) is 5.82 Å². The summed E-state index contributed by atoms with van der Waals surface area (Å²) in [5.74, 6) is -1.15. The summed E-state index contributed by atoms with van der Waals surface area (Å²) in [6, 6.07) is 5.88. The molecule has 0 aliphatic rings. The van der Waals surface area contributed by atoms with Crippen LogP contribution in [0.3, 0.4) is 0 Å². The molecule has 12 heteroatoms. The highest BCUT2D eigenvalue weighted by molar-refractivity contribution is 6.31. The molecular formula is C17H13ClF5N5O. The van der Waals surface area contributed by atoms with Gasteiger partial charge in [-0.1, -0.05) is 17.7 Å². The number of anilines is 1. The number of hydrogen-bond donors (Lipinski definition) is 1. The van der Waals surface area contributed by atoms with E-state index in [4.69, 9.17) is 11.6 Å². The zero-order valence-corrected chi connectivity index (χ0v) is 15.3. The van der Waals surface area contributed by atoms with E-state index in [1.165, 1.54) is 29.1 Å². The van der Waals surface area contributed by atoms with Gasteiger partial charge in [0.1, 0.15) is 23.7 Å². The number of aromatic nitrogens is 4. The van der Waals surface area contributed by atoms with Gasteiger partial charge >= 0.3 is 0 Å². The highest BCUT2D eigenvalue weighted by atomic mass is 35.5. The first-order chi connectivity index (χ1) is 13.7. The molecule has 0 aliphatic carbocycles. The van der Waals surface area contributed by atoms with E-state index < -0.39 is 42.5 Å². The number of nitrogens with one attached hydrogen (secondary N) is 1. The third-order valence-corrected chi connectivity index (χ3v) is 4.18. The number of alkyl halides is 4. The van der Waals surface area contributed by atoms with Crippen LogP contribution < -0.4 is 5.32 Å². The Hall–Kier alpha value is -2.95. The predicted octanol–water partition coefficient (Wildman–Crippen LogP) is 4.43. The van der Waals surface area contributed by atoms with E-state index in [1.807, 2.05) is 0 Å². The second-order valence-electron chi connectivity index (χ2n) is 5.94. The quantitative estimate of drug-likeness (QED) is 0.560. The molecule has 0 spiro atoms. The molecule has 0 fully saturated rings. The van der Waals surface area contributed by atoms with E-state index in [-0.39, 0.29) is 17.4 Å². The van der Waals surface area contributed by atoms with Gasteiger partial charge in [0.05, 0.1) is 6.54 Å². The van der Waals surface area contributed by atoms with E-state index in [2.05, 4.69) is 15.5 Å². The maximum Gasteiger partial charge on any atom is 0.282 e. The Bertz CT molecular complexity index is 1020. The molecule has 1 N–H and O–H groups in total. The van der Waals surface area contributed by atoms with Crippen LogP contribution in [0.25, 0.3) is 0 Å². The average molecular weight is 434 g/mol. The minimum Gasteiger partial charge on any atom is -0.308 e. The van der Waals surface area contributed by atoms with Crippen molar-refractivity contribution in [3.8, 4) is 0 Å². The second-order valence-corrected chi connectivity index (χ2v) is 6.34. The second kappa shape index (κ2) is 8.60. The molecule has 29 heavy (non-hydrogen) atoms. The third kappa shape index (κ3) is 5.11. The summed E-state index contributed by atoms with van der Waals surface area (Å²) in [5, 5.41) is 10.00. The van der Waals surface area contributed by atoms with Gasteiger partial charge in [0.2, 0.25) is 5.91 Å². The van der Waals surface area contributed by atoms with Gasteiger partial charge in [0, 0.05) is 17.3 Å². The van der Waals surface area contributed by atoms with Crippen molar-refractivity contribution in [2.24, 2.45) is 0 Å². The molecule has 0 bridgehead atoms. The molecular weight excluding hydrogens is 421 g/mol. The van der Waals surface area contributed by atoms with Gasteiger partial charge < -0.3 is 5.32 Å². The molecule has 0 radical (unpaired) electrons. The van der Waals surface area contributed by atoms with E-state index >= 15 is 0 Å². The number of carbonyl (C=O) groups excluding carboxylic acids is 1. The van der Waals surface area contributed by atoms with Crippen molar-refractivity contribution in [2.45, 2.75) is 25.9 Å². The highest BCUT2D eigenvalue weighted by Gasteiger charge is 2.22. The zero-order chi connectivity index (χ0) is 21.1. The molecule has 6 nitrogen and oxygen atoms in total. The molecule has 2 heterocycles. The molecule has 154 valence electrons. The molecule has 0 aliphatic heterocycles. The van der Waals surface area contributed by atoms with Crippen LogP contribution in [0.15, 0.2) is 36.5 Å². The maximum atomic E-state index is 13.1. The SMILES string of the molecule is O=C(Cn1nc(C(F)F)cc1C(F)F)Nc1ccn(Cc2ccc(F)cc2Cl)n1. The van der Waals surface area contributed by atoms with Gasteiger partial charge in [-0.15, -0.1) is 0 Å². The molecule has 2 aromatic heterocycles. The lowest BCUT2D eigenvalue weighted by molar-refractivity contribution is -0.117. The largest absolute Gasteiger partial charge is 0.308 e. The summed E-state index contributed by atoms with van der Waals surface area (Å²) in [5.41, 5.74) is -1.04. The van der Waals surface area contributed by atoms with Gasteiger partial charge in [-0.25, -0.2) is 22.0 Å². The topological polar surface area (TPSA) is 64.7 Å². The molecule has 0 saturated carbocycles. The van der Waals surface area contributed by atoms with E-state index in [0.717, 1.165) is 6.07 Å². The van der Waals surface area contributed by atoms with Crippen LogP contribution in [0.4, 0.5) is 27.8 Å². The molecule has 0 unspecified atom stereocenters. The summed E-state index contributed by atoms with van der Waals surface area (Å²) in [6.45, 7) is -0.496. The van der Waals surface area contributed by atoms with Gasteiger partial charge in [0.15, 0.2) is 5.82 Å². The fourth-order valence-electron chi connectivity index (χ4n) is 2.52. The molecule has 1 amide bonds. The van der Waals surface area contributed by atoms with Crippen molar-refractivity contribution >= 4 is 23.3 Å². The molecule has 3 aromatic rings. The standard InChI is InChI=1S/C17H13ClF5N5O/c18-11-5-10(19)2-1-9(11)7-27-4-3-14(26-27)24-15(29)8-28-13(17(22)23)6-12(25-28)16(20)21/h1-6,16-17H,7-8H2,(H,24,26,29). The van der Waals surface area contributed by atoms with Crippen molar-refractivity contribution in [2.75, 3.05) is 5.32 Å². The van der Waals surface area contributed by atoms with Crippen LogP contribution in [0.1, 0.15) is 29.8 Å². The lowest BCUT2D eigenvalue weighted by Gasteiger charge is -2.07. The Kier molecular flexibility index (Phi) is 6.16. The monoisotopic (exact) mass is 433 g/mol. The minimum atomic E-state index is -3.07. The first-order valence-corrected chi connectivity index (χ1v) is 8.52. The third-order valence-electron chi connectivity index (χ3n) is 3.83. The smallest absolute Gasteiger partial charge is 0.282 e. The van der Waals surface area contributed by atoms with E-state index in [0.29, 0.717) is 16.3 Å². The maximum absolute atomic E-state index is 13.1. The molecule has 0 atom stereocenters. The summed E-state index contributed by atoms with van der Waals surface area (Å²) < 4.78 is 66.3. The van der Waals surface area contributed by atoms with Crippen molar-refractivity contribution < 1.29 is 26.7 Å². The lowest BCUT2D eigenvalue weighted by Crippen LogP contribution is -2.21. The van der Waals surface area contributed by atoms with E-state index in [1.54, 1.807) is 0 Å². The van der Waals surface area contributed by atoms with Crippen LogP contribution in [0.5, 0.6) is 0 Å². The Balaban J connectivity index is 1.66. The van der Waals surface area contributed by atoms with Crippen LogP contribution >= 0.6 is 11.6 Å². The zero-order valence-electron chi connectivity index (χ0n) is 14.5. The molecule has 1 aromatic carbocycles. The van der Waals surface area contributed by atoms with Crippen molar-refractivity contribution in [3.63, 3.8) is 0 Å². The Morgan fingerprint density at radius 2 is 1.86 bits per heavy atom. The van der Waals surface area contributed by atoms with Gasteiger partial charge in [-0.2, -0.15) is 10.2 Å². The van der Waals surface area contributed by atoms with Gasteiger partial charge in [-0.3, -0.25) is 14.2 Å².